The lowest BCUT2D eigenvalue weighted by Crippen LogP contribution is -2.20. The van der Waals surface area contributed by atoms with Crippen molar-refractivity contribution in [1.29, 1.82) is 0 Å². The van der Waals surface area contributed by atoms with Gasteiger partial charge in [0.15, 0.2) is 0 Å². The zero-order chi connectivity index (χ0) is 13.5. The van der Waals surface area contributed by atoms with Gasteiger partial charge in [-0.05, 0) is 45.3 Å². The number of benzene rings is 1. The van der Waals surface area contributed by atoms with Gasteiger partial charge in [0.2, 0.25) is 0 Å². The predicted molar refractivity (Wildman–Crippen MR) is 72.5 cm³/mol. The molecule has 0 saturated heterocycles. The number of rotatable bonds is 7. The lowest BCUT2D eigenvalue weighted by atomic mass is 10.0. The number of nitrogens with two attached hydrogens (primary N) is 1. The molecule has 0 aromatic heterocycles. The molecule has 0 aliphatic heterocycles. The molecule has 0 amide bonds. The maximum absolute atomic E-state index is 10.9. The van der Waals surface area contributed by atoms with Gasteiger partial charge in [0, 0.05) is 17.7 Å². The van der Waals surface area contributed by atoms with Crippen LogP contribution in [-0.4, -0.2) is 18.0 Å². The Morgan fingerprint density at radius 3 is 2.78 bits per heavy atom. The first-order valence-corrected chi connectivity index (χ1v) is 6.24. The van der Waals surface area contributed by atoms with Gasteiger partial charge in [0.25, 0.3) is 5.69 Å². The average molecular weight is 251 g/mol. The highest BCUT2D eigenvalue weighted by molar-refractivity contribution is 5.43. The Morgan fingerprint density at radius 1 is 1.44 bits per heavy atom. The quantitative estimate of drug-likeness (QED) is 0.442. The Labute approximate surface area is 108 Å². The molecule has 3 N–H and O–H groups in total. The molecule has 0 bridgehead atoms. The van der Waals surface area contributed by atoms with Crippen LogP contribution in [0.2, 0.25) is 0 Å². The molecule has 100 valence electrons. The molecule has 5 nitrogen and oxygen atoms in total. The van der Waals surface area contributed by atoms with E-state index < -0.39 is 0 Å². The van der Waals surface area contributed by atoms with Crippen LogP contribution in [0.25, 0.3) is 0 Å². The van der Waals surface area contributed by atoms with Crippen LogP contribution >= 0.6 is 0 Å². The minimum Gasteiger partial charge on any atom is -0.330 e. The van der Waals surface area contributed by atoms with Crippen molar-refractivity contribution in [2.75, 3.05) is 13.1 Å². The molecule has 0 aliphatic rings. The first kappa shape index (κ1) is 14.6. The number of nitro benzene ring substituents is 1. The van der Waals surface area contributed by atoms with Gasteiger partial charge in [-0.2, -0.15) is 0 Å². The fourth-order valence-electron chi connectivity index (χ4n) is 1.80. The molecule has 0 radical (unpaired) electrons. The topological polar surface area (TPSA) is 81.2 Å². The summed E-state index contributed by atoms with van der Waals surface area (Å²) in [7, 11) is 0. The smallest absolute Gasteiger partial charge is 0.272 e. The highest BCUT2D eigenvalue weighted by Crippen LogP contribution is 2.23. The van der Waals surface area contributed by atoms with Crippen molar-refractivity contribution in [3.05, 3.63) is 39.4 Å². The Bertz CT molecular complexity index is 407. The van der Waals surface area contributed by atoms with Crippen LogP contribution in [0.15, 0.2) is 18.2 Å². The standard InChI is InChI=1S/C13H21N3O2/c1-10-5-6-12(9-13(10)16(17)18)11(2)15-8-4-3-7-14/h5-6,9,11,15H,3-4,7-8,14H2,1-2H3. The number of nitro groups is 1. The van der Waals surface area contributed by atoms with Gasteiger partial charge >= 0.3 is 0 Å². The first-order valence-electron chi connectivity index (χ1n) is 6.24. The Hall–Kier alpha value is -1.46. The van der Waals surface area contributed by atoms with Crippen LogP contribution in [0.5, 0.6) is 0 Å². The summed E-state index contributed by atoms with van der Waals surface area (Å²) >= 11 is 0. The Morgan fingerprint density at radius 2 is 2.17 bits per heavy atom. The second-order valence-electron chi connectivity index (χ2n) is 4.47. The van der Waals surface area contributed by atoms with E-state index in [1.165, 1.54) is 0 Å². The second kappa shape index (κ2) is 7.08. The van der Waals surface area contributed by atoms with Gasteiger partial charge in [-0.1, -0.05) is 12.1 Å². The zero-order valence-electron chi connectivity index (χ0n) is 11.0. The molecule has 0 saturated carbocycles. The number of hydrogen-bond acceptors (Lipinski definition) is 4. The van der Waals surface area contributed by atoms with E-state index in [-0.39, 0.29) is 16.7 Å². The zero-order valence-corrected chi connectivity index (χ0v) is 11.0. The molecule has 1 aromatic carbocycles. The van der Waals surface area contributed by atoms with Gasteiger partial charge in [0.05, 0.1) is 4.92 Å². The molecule has 0 aliphatic carbocycles. The van der Waals surface area contributed by atoms with E-state index in [9.17, 15) is 10.1 Å². The maximum atomic E-state index is 10.9. The number of unbranched alkanes of at least 4 members (excludes halogenated alkanes) is 1. The minimum absolute atomic E-state index is 0.113. The summed E-state index contributed by atoms with van der Waals surface area (Å²) < 4.78 is 0. The summed E-state index contributed by atoms with van der Waals surface area (Å²) in [6.07, 6.45) is 2.02. The van der Waals surface area contributed by atoms with Gasteiger partial charge in [-0.25, -0.2) is 0 Å². The average Bonchev–Trinajstić information content (AvgIpc) is 2.34. The van der Waals surface area contributed by atoms with E-state index in [0.29, 0.717) is 12.1 Å². The van der Waals surface area contributed by atoms with Gasteiger partial charge in [-0.3, -0.25) is 10.1 Å². The molecule has 5 heteroatoms. The number of nitrogens with one attached hydrogen (secondary N) is 1. The van der Waals surface area contributed by atoms with E-state index in [1.54, 1.807) is 19.1 Å². The molecule has 1 aromatic rings. The summed E-state index contributed by atoms with van der Waals surface area (Å²) in [4.78, 5) is 10.5. The van der Waals surface area contributed by atoms with Crippen molar-refractivity contribution in [3.8, 4) is 0 Å². The van der Waals surface area contributed by atoms with Crippen LogP contribution in [0, 0.1) is 17.0 Å². The predicted octanol–water partition coefficient (Wildman–Crippen LogP) is 2.29. The largest absolute Gasteiger partial charge is 0.330 e. The summed E-state index contributed by atoms with van der Waals surface area (Å²) in [5.74, 6) is 0. The molecular formula is C13H21N3O2. The van der Waals surface area contributed by atoms with Gasteiger partial charge in [-0.15, -0.1) is 0 Å². The van der Waals surface area contributed by atoms with Gasteiger partial charge in [0.1, 0.15) is 0 Å². The Kier molecular flexibility index (Phi) is 5.74. The molecule has 1 rings (SSSR count). The first-order chi connectivity index (χ1) is 8.56. The van der Waals surface area contributed by atoms with Crippen LogP contribution in [-0.2, 0) is 0 Å². The number of hydrogen-bond donors (Lipinski definition) is 2. The summed E-state index contributed by atoms with van der Waals surface area (Å²) in [6, 6.07) is 5.49. The van der Waals surface area contributed by atoms with Crippen molar-refractivity contribution in [1.82, 2.24) is 5.32 Å². The highest BCUT2D eigenvalue weighted by atomic mass is 16.6. The molecule has 1 unspecified atom stereocenters. The summed E-state index contributed by atoms with van der Waals surface area (Å²) in [5.41, 5.74) is 7.25. The van der Waals surface area contributed by atoms with Crippen molar-refractivity contribution >= 4 is 5.69 Å². The monoisotopic (exact) mass is 251 g/mol. The van der Waals surface area contributed by atoms with E-state index in [0.717, 1.165) is 24.9 Å². The highest BCUT2D eigenvalue weighted by Gasteiger charge is 2.13. The van der Waals surface area contributed by atoms with E-state index in [2.05, 4.69) is 5.32 Å². The second-order valence-corrected chi connectivity index (χ2v) is 4.47. The van der Waals surface area contributed by atoms with Crippen LogP contribution in [0.4, 0.5) is 5.69 Å². The van der Waals surface area contributed by atoms with Crippen LogP contribution in [0.1, 0.15) is 36.9 Å². The normalized spacial score (nSPS) is 12.4. The molecule has 0 spiro atoms. The van der Waals surface area contributed by atoms with Crippen molar-refractivity contribution in [2.45, 2.75) is 32.7 Å². The van der Waals surface area contributed by atoms with Crippen molar-refractivity contribution in [2.24, 2.45) is 5.73 Å². The summed E-state index contributed by atoms with van der Waals surface area (Å²) in [5, 5.41) is 14.2. The molecular weight excluding hydrogens is 230 g/mol. The third-order valence-corrected chi connectivity index (χ3v) is 3.01. The van der Waals surface area contributed by atoms with Crippen LogP contribution in [0.3, 0.4) is 0 Å². The van der Waals surface area contributed by atoms with Crippen molar-refractivity contribution in [3.63, 3.8) is 0 Å². The van der Waals surface area contributed by atoms with E-state index in [4.69, 9.17) is 5.73 Å². The number of aryl methyl sites for hydroxylation is 1. The molecule has 0 fully saturated rings. The van der Waals surface area contributed by atoms with Crippen molar-refractivity contribution < 1.29 is 4.92 Å². The molecule has 1 atom stereocenters. The fraction of sp³-hybridized carbons (Fsp3) is 0.538. The molecule has 18 heavy (non-hydrogen) atoms. The van der Waals surface area contributed by atoms with E-state index >= 15 is 0 Å². The maximum Gasteiger partial charge on any atom is 0.272 e. The number of nitrogens with zero attached hydrogens (tertiary/aromatic N) is 1. The van der Waals surface area contributed by atoms with E-state index in [1.807, 2.05) is 13.0 Å². The third kappa shape index (κ3) is 4.09. The summed E-state index contributed by atoms with van der Waals surface area (Å²) in [6.45, 7) is 5.34. The Balaban J connectivity index is 2.65. The fourth-order valence-corrected chi connectivity index (χ4v) is 1.80. The minimum atomic E-state index is -0.333. The third-order valence-electron chi connectivity index (χ3n) is 3.01. The van der Waals surface area contributed by atoms with Crippen LogP contribution < -0.4 is 11.1 Å². The lowest BCUT2D eigenvalue weighted by molar-refractivity contribution is -0.385. The SMILES string of the molecule is Cc1ccc(C(C)NCCCCN)cc1[N+](=O)[O-]. The lowest BCUT2D eigenvalue weighted by Gasteiger charge is -2.14. The molecule has 0 heterocycles. The van der Waals surface area contributed by atoms with Gasteiger partial charge < -0.3 is 11.1 Å².